The first-order chi connectivity index (χ1) is 5.45. The van der Waals surface area contributed by atoms with Gasteiger partial charge in [-0.15, -0.1) is 0 Å². The first kappa shape index (κ1) is 7.60. The molecule has 2 fully saturated rings. The van der Waals surface area contributed by atoms with Crippen LogP contribution in [0.3, 0.4) is 0 Å². The van der Waals surface area contributed by atoms with E-state index in [2.05, 4.69) is 4.90 Å². The normalized spacial score (nSPS) is 27.3. The fourth-order valence-electron chi connectivity index (χ4n) is 2.27. The molecule has 0 radical (unpaired) electrons. The molecule has 0 unspecified atom stereocenters. The van der Waals surface area contributed by atoms with Gasteiger partial charge in [-0.1, -0.05) is 25.7 Å². The Kier molecular flexibility index (Phi) is 2.47. The lowest BCUT2D eigenvalue weighted by Crippen LogP contribution is -2.38. The maximum Gasteiger partial charge on any atom is -0.000654 e. The number of nitrogens with zero attached hydrogens (tertiary/aromatic N) is 1. The third-order valence-corrected chi connectivity index (χ3v) is 3.28. The molecule has 0 atom stereocenters. The van der Waals surface area contributed by atoms with E-state index in [-0.39, 0.29) is 0 Å². The molecule has 0 bridgehead atoms. The van der Waals surface area contributed by atoms with E-state index in [0.717, 1.165) is 5.92 Å². The van der Waals surface area contributed by atoms with Gasteiger partial charge in [0.15, 0.2) is 0 Å². The highest BCUT2D eigenvalue weighted by atomic mass is 15.2. The highest BCUT2D eigenvalue weighted by Gasteiger charge is 2.18. The van der Waals surface area contributed by atoms with Gasteiger partial charge in [0, 0.05) is 0 Å². The Labute approximate surface area is 69.8 Å². The summed E-state index contributed by atoms with van der Waals surface area (Å²) in [6.45, 7) is 4.16. The Morgan fingerprint density at radius 3 is 2.27 bits per heavy atom. The minimum atomic E-state index is 1.09. The van der Waals surface area contributed by atoms with Crippen molar-refractivity contribution in [2.75, 3.05) is 19.6 Å². The van der Waals surface area contributed by atoms with Crippen LogP contribution in [-0.2, 0) is 0 Å². The summed E-state index contributed by atoms with van der Waals surface area (Å²) in [5.41, 5.74) is 0. The highest BCUT2D eigenvalue weighted by molar-refractivity contribution is 4.73. The summed E-state index contributed by atoms with van der Waals surface area (Å²) >= 11 is 0. The largest absolute Gasteiger partial charge is 0.303 e. The summed E-state index contributed by atoms with van der Waals surface area (Å²) in [6, 6.07) is 0. The van der Waals surface area contributed by atoms with E-state index in [1.165, 1.54) is 58.2 Å². The Morgan fingerprint density at radius 1 is 1.00 bits per heavy atom. The number of likely N-dealkylation sites (tertiary alicyclic amines) is 1. The molecule has 0 spiro atoms. The van der Waals surface area contributed by atoms with Gasteiger partial charge in [-0.2, -0.15) is 0 Å². The fourth-order valence-corrected chi connectivity index (χ4v) is 2.27. The molecular formula is C10H19N. The van der Waals surface area contributed by atoms with Crippen LogP contribution >= 0.6 is 0 Å². The second-order valence-corrected chi connectivity index (χ2v) is 4.13. The maximum absolute atomic E-state index is 2.60. The van der Waals surface area contributed by atoms with Gasteiger partial charge in [0.2, 0.25) is 0 Å². The number of rotatable bonds is 3. The second kappa shape index (κ2) is 3.57. The van der Waals surface area contributed by atoms with Gasteiger partial charge in [0.05, 0.1) is 0 Å². The average Bonchev–Trinajstić information content (AvgIpc) is 2.36. The standard InChI is InChI=1S/C10H19N/c1-2-5-10(4-1)6-9-11-7-3-8-11/h10H,1-9H2. The van der Waals surface area contributed by atoms with Crippen LogP contribution in [0, 0.1) is 5.92 Å². The fraction of sp³-hybridized carbons (Fsp3) is 1.00. The number of hydrogen-bond donors (Lipinski definition) is 0. The predicted molar refractivity (Wildman–Crippen MR) is 47.6 cm³/mol. The van der Waals surface area contributed by atoms with Crippen molar-refractivity contribution < 1.29 is 0 Å². The van der Waals surface area contributed by atoms with Crippen molar-refractivity contribution in [3.05, 3.63) is 0 Å². The van der Waals surface area contributed by atoms with E-state index in [0.29, 0.717) is 0 Å². The van der Waals surface area contributed by atoms with Crippen molar-refractivity contribution in [1.29, 1.82) is 0 Å². The molecule has 64 valence electrons. The molecule has 1 aliphatic heterocycles. The zero-order valence-corrected chi connectivity index (χ0v) is 7.39. The SMILES string of the molecule is C1CCC(CCN2CCC2)C1. The molecule has 1 nitrogen and oxygen atoms in total. The lowest BCUT2D eigenvalue weighted by atomic mass is 10.0. The average molecular weight is 153 g/mol. The molecule has 2 rings (SSSR count). The maximum atomic E-state index is 2.60. The summed E-state index contributed by atoms with van der Waals surface area (Å²) in [4.78, 5) is 2.60. The molecule has 0 N–H and O–H groups in total. The summed E-state index contributed by atoms with van der Waals surface area (Å²) in [6.07, 6.45) is 8.99. The van der Waals surface area contributed by atoms with Gasteiger partial charge >= 0.3 is 0 Å². The summed E-state index contributed by atoms with van der Waals surface area (Å²) in [5, 5.41) is 0. The summed E-state index contributed by atoms with van der Waals surface area (Å²) in [7, 11) is 0. The predicted octanol–water partition coefficient (Wildman–Crippen LogP) is 2.27. The first-order valence-electron chi connectivity index (χ1n) is 5.17. The van der Waals surface area contributed by atoms with Crippen molar-refractivity contribution in [3.8, 4) is 0 Å². The molecule has 1 heteroatoms. The van der Waals surface area contributed by atoms with Crippen molar-refractivity contribution in [1.82, 2.24) is 4.90 Å². The van der Waals surface area contributed by atoms with Crippen LogP contribution in [0.15, 0.2) is 0 Å². The Morgan fingerprint density at radius 2 is 1.73 bits per heavy atom. The minimum Gasteiger partial charge on any atom is -0.303 e. The zero-order chi connectivity index (χ0) is 7.52. The molecule has 0 aromatic rings. The Hall–Kier alpha value is -0.0400. The topological polar surface area (TPSA) is 3.24 Å². The molecule has 11 heavy (non-hydrogen) atoms. The van der Waals surface area contributed by atoms with Crippen LogP contribution in [0.5, 0.6) is 0 Å². The molecule has 0 aromatic carbocycles. The van der Waals surface area contributed by atoms with Crippen LogP contribution in [0.1, 0.15) is 38.5 Å². The van der Waals surface area contributed by atoms with Crippen LogP contribution in [-0.4, -0.2) is 24.5 Å². The molecular weight excluding hydrogens is 134 g/mol. The van der Waals surface area contributed by atoms with Gasteiger partial charge in [-0.05, 0) is 38.4 Å². The smallest absolute Gasteiger partial charge is 0.000654 e. The third-order valence-electron chi connectivity index (χ3n) is 3.28. The highest BCUT2D eigenvalue weighted by Crippen LogP contribution is 2.27. The molecule has 0 aromatic heterocycles. The molecule has 1 heterocycles. The van der Waals surface area contributed by atoms with Gasteiger partial charge < -0.3 is 4.90 Å². The molecule has 1 saturated carbocycles. The first-order valence-corrected chi connectivity index (χ1v) is 5.17. The third kappa shape index (κ3) is 1.96. The molecule has 1 aliphatic carbocycles. The van der Waals surface area contributed by atoms with Crippen molar-refractivity contribution in [3.63, 3.8) is 0 Å². The van der Waals surface area contributed by atoms with Gasteiger partial charge in [0.1, 0.15) is 0 Å². The number of hydrogen-bond acceptors (Lipinski definition) is 1. The van der Waals surface area contributed by atoms with Gasteiger partial charge in [0.25, 0.3) is 0 Å². The van der Waals surface area contributed by atoms with E-state index in [1.54, 1.807) is 0 Å². The van der Waals surface area contributed by atoms with Gasteiger partial charge in [-0.3, -0.25) is 0 Å². The van der Waals surface area contributed by atoms with Crippen molar-refractivity contribution in [2.45, 2.75) is 38.5 Å². The van der Waals surface area contributed by atoms with Crippen LogP contribution < -0.4 is 0 Å². The Balaban J connectivity index is 1.57. The molecule has 1 saturated heterocycles. The summed E-state index contributed by atoms with van der Waals surface area (Å²) < 4.78 is 0. The lowest BCUT2D eigenvalue weighted by Gasteiger charge is -2.31. The van der Waals surface area contributed by atoms with E-state index < -0.39 is 0 Å². The van der Waals surface area contributed by atoms with Crippen LogP contribution in [0.25, 0.3) is 0 Å². The van der Waals surface area contributed by atoms with Crippen molar-refractivity contribution >= 4 is 0 Å². The monoisotopic (exact) mass is 153 g/mol. The Bertz CT molecular complexity index is 112. The quantitative estimate of drug-likeness (QED) is 0.601. The van der Waals surface area contributed by atoms with E-state index >= 15 is 0 Å². The van der Waals surface area contributed by atoms with Crippen LogP contribution in [0.2, 0.25) is 0 Å². The van der Waals surface area contributed by atoms with Gasteiger partial charge in [-0.25, -0.2) is 0 Å². The lowest BCUT2D eigenvalue weighted by molar-refractivity contribution is 0.169. The van der Waals surface area contributed by atoms with Crippen LogP contribution in [0.4, 0.5) is 0 Å². The van der Waals surface area contributed by atoms with E-state index in [4.69, 9.17) is 0 Å². The minimum absolute atomic E-state index is 1.09. The van der Waals surface area contributed by atoms with Crippen molar-refractivity contribution in [2.24, 2.45) is 5.92 Å². The summed E-state index contributed by atoms with van der Waals surface area (Å²) in [5.74, 6) is 1.09. The molecule has 2 aliphatic rings. The van der Waals surface area contributed by atoms with E-state index in [9.17, 15) is 0 Å². The zero-order valence-electron chi connectivity index (χ0n) is 7.39. The second-order valence-electron chi connectivity index (χ2n) is 4.13. The van der Waals surface area contributed by atoms with E-state index in [1.807, 2.05) is 0 Å². The molecule has 0 amide bonds.